The van der Waals surface area contributed by atoms with Gasteiger partial charge in [-0.2, -0.15) is 13.7 Å². The standard InChI is InChI=1S/C18H13NO3S/c1-13-6-2-5-9-17(13)23(20,21)22-18-15(12-19)11-10-14-7-3-4-8-16(14)18/h2-11H,1H3. The van der Waals surface area contributed by atoms with Crippen LogP contribution in [0.25, 0.3) is 10.8 Å². The van der Waals surface area contributed by atoms with E-state index in [9.17, 15) is 13.7 Å². The van der Waals surface area contributed by atoms with E-state index in [1.54, 1.807) is 49.4 Å². The topological polar surface area (TPSA) is 67.2 Å². The Bertz CT molecular complexity index is 1030. The summed E-state index contributed by atoms with van der Waals surface area (Å²) < 4.78 is 30.6. The number of nitriles is 1. The van der Waals surface area contributed by atoms with E-state index in [1.165, 1.54) is 6.07 Å². The first-order chi connectivity index (χ1) is 11.0. The average molecular weight is 323 g/mol. The van der Waals surface area contributed by atoms with Gasteiger partial charge < -0.3 is 4.18 Å². The molecule has 0 aromatic heterocycles. The first-order valence-corrected chi connectivity index (χ1v) is 8.36. The molecule has 0 saturated carbocycles. The fourth-order valence-corrected chi connectivity index (χ4v) is 3.61. The second kappa shape index (κ2) is 5.75. The molecule has 4 nitrogen and oxygen atoms in total. The van der Waals surface area contributed by atoms with Crippen LogP contribution in [0, 0.1) is 18.3 Å². The molecular formula is C18H13NO3S. The molecule has 0 radical (unpaired) electrons. The predicted octanol–water partition coefficient (Wildman–Crippen LogP) is 3.79. The van der Waals surface area contributed by atoms with Crippen molar-refractivity contribution >= 4 is 20.9 Å². The monoisotopic (exact) mass is 323 g/mol. The van der Waals surface area contributed by atoms with E-state index < -0.39 is 10.1 Å². The second-order valence-corrected chi connectivity index (χ2v) is 6.59. The largest absolute Gasteiger partial charge is 0.377 e. The van der Waals surface area contributed by atoms with Gasteiger partial charge in [0.25, 0.3) is 0 Å². The molecule has 5 heteroatoms. The molecule has 0 saturated heterocycles. The highest BCUT2D eigenvalue weighted by atomic mass is 32.2. The summed E-state index contributed by atoms with van der Waals surface area (Å²) in [6.45, 7) is 1.70. The predicted molar refractivity (Wildman–Crippen MR) is 87.7 cm³/mol. The number of benzene rings is 3. The maximum absolute atomic E-state index is 12.6. The fourth-order valence-electron chi connectivity index (χ4n) is 2.41. The molecule has 0 heterocycles. The van der Waals surface area contributed by atoms with Crippen LogP contribution in [0.5, 0.6) is 5.75 Å². The summed E-state index contributed by atoms with van der Waals surface area (Å²) in [6.07, 6.45) is 0. The average Bonchev–Trinajstić information content (AvgIpc) is 2.55. The quantitative estimate of drug-likeness (QED) is 0.688. The van der Waals surface area contributed by atoms with E-state index >= 15 is 0 Å². The lowest BCUT2D eigenvalue weighted by atomic mass is 10.1. The molecule has 0 unspecified atom stereocenters. The first-order valence-electron chi connectivity index (χ1n) is 6.95. The van der Waals surface area contributed by atoms with Crippen LogP contribution in [-0.4, -0.2) is 8.42 Å². The van der Waals surface area contributed by atoms with Crippen molar-refractivity contribution in [2.75, 3.05) is 0 Å². The molecule has 0 fully saturated rings. The molecule has 3 aromatic carbocycles. The summed E-state index contributed by atoms with van der Waals surface area (Å²) in [6, 6.07) is 19.1. The molecular weight excluding hydrogens is 310 g/mol. The van der Waals surface area contributed by atoms with Gasteiger partial charge in [0.15, 0.2) is 5.75 Å². The maximum Gasteiger partial charge on any atom is 0.339 e. The Hall–Kier alpha value is -2.84. The summed E-state index contributed by atoms with van der Waals surface area (Å²) in [7, 11) is -4.02. The van der Waals surface area contributed by atoms with Crippen molar-refractivity contribution < 1.29 is 12.6 Å². The van der Waals surface area contributed by atoms with Gasteiger partial charge in [-0.3, -0.25) is 0 Å². The SMILES string of the molecule is Cc1ccccc1S(=O)(=O)Oc1c(C#N)ccc2ccccc12. The van der Waals surface area contributed by atoms with Crippen molar-refractivity contribution in [1.29, 1.82) is 5.26 Å². The van der Waals surface area contributed by atoms with Crippen LogP contribution in [-0.2, 0) is 10.1 Å². The summed E-state index contributed by atoms with van der Waals surface area (Å²) in [5, 5.41) is 10.7. The van der Waals surface area contributed by atoms with Gasteiger partial charge in [0, 0.05) is 5.39 Å². The van der Waals surface area contributed by atoms with E-state index in [0.717, 1.165) is 5.39 Å². The Morgan fingerprint density at radius 3 is 2.39 bits per heavy atom. The lowest BCUT2D eigenvalue weighted by molar-refractivity contribution is 0.487. The third kappa shape index (κ3) is 2.77. The molecule has 0 amide bonds. The van der Waals surface area contributed by atoms with Crippen molar-refractivity contribution in [2.45, 2.75) is 11.8 Å². The van der Waals surface area contributed by atoms with Crippen LogP contribution in [0.2, 0.25) is 0 Å². The summed E-state index contributed by atoms with van der Waals surface area (Å²) in [5.74, 6) is 0.0638. The summed E-state index contributed by atoms with van der Waals surface area (Å²) in [5.41, 5.74) is 0.770. The molecule has 3 rings (SSSR count). The van der Waals surface area contributed by atoms with Gasteiger partial charge in [-0.25, -0.2) is 0 Å². The van der Waals surface area contributed by atoms with Gasteiger partial charge in [-0.05, 0) is 30.0 Å². The summed E-state index contributed by atoms with van der Waals surface area (Å²) >= 11 is 0. The van der Waals surface area contributed by atoms with E-state index in [4.69, 9.17) is 4.18 Å². The molecule has 3 aromatic rings. The molecule has 0 aliphatic rings. The zero-order valence-corrected chi connectivity index (χ0v) is 13.2. The van der Waals surface area contributed by atoms with Crippen molar-refractivity contribution in [3.8, 4) is 11.8 Å². The van der Waals surface area contributed by atoms with Gasteiger partial charge in [-0.1, -0.05) is 48.5 Å². The van der Waals surface area contributed by atoms with E-state index in [1.807, 2.05) is 18.2 Å². The Balaban J connectivity index is 2.19. The highest BCUT2D eigenvalue weighted by molar-refractivity contribution is 7.87. The zero-order valence-electron chi connectivity index (χ0n) is 12.4. The second-order valence-electron chi connectivity index (χ2n) is 5.08. The van der Waals surface area contributed by atoms with Crippen LogP contribution >= 0.6 is 0 Å². The fraction of sp³-hybridized carbons (Fsp3) is 0.0556. The molecule has 0 spiro atoms. The Morgan fingerprint density at radius 1 is 0.957 bits per heavy atom. The smallest absolute Gasteiger partial charge is 0.339 e. The van der Waals surface area contributed by atoms with E-state index in [2.05, 4.69) is 0 Å². The van der Waals surface area contributed by atoms with Crippen molar-refractivity contribution in [1.82, 2.24) is 0 Å². The highest BCUT2D eigenvalue weighted by Gasteiger charge is 2.22. The molecule has 0 aliphatic heterocycles. The first kappa shape index (κ1) is 15.1. The van der Waals surface area contributed by atoms with Crippen molar-refractivity contribution in [3.63, 3.8) is 0 Å². The zero-order chi connectivity index (χ0) is 16.4. The van der Waals surface area contributed by atoms with Gasteiger partial charge in [0.1, 0.15) is 11.0 Å². The third-order valence-electron chi connectivity index (χ3n) is 3.56. The Morgan fingerprint density at radius 2 is 1.65 bits per heavy atom. The minimum Gasteiger partial charge on any atom is -0.377 e. The third-order valence-corrected chi connectivity index (χ3v) is 4.94. The lowest BCUT2D eigenvalue weighted by Crippen LogP contribution is -2.12. The van der Waals surface area contributed by atoms with E-state index in [-0.39, 0.29) is 16.2 Å². The van der Waals surface area contributed by atoms with Crippen molar-refractivity contribution in [2.24, 2.45) is 0 Å². The van der Waals surface area contributed by atoms with Crippen LogP contribution in [0.4, 0.5) is 0 Å². The number of hydrogen-bond acceptors (Lipinski definition) is 4. The Kier molecular flexibility index (Phi) is 3.77. The number of hydrogen-bond donors (Lipinski definition) is 0. The number of rotatable bonds is 3. The maximum atomic E-state index is 12.6. The minimum atomic E-state index is -4.02. The molecule has 0 aliphatic carbocycles. The van der Waals surface area contributed by atoms with Crippen LogP contribution in [0.15, 0.2) is 65.6 Å². The summed E-state index contributed by atoms with van der Waals surface area (Å²) in [4.78, 5) is 0.0943. The van der Waals surface area contributed by atoms with E-state index in [0.29, 0.717) is 10.9 Å². The molecule has 114 valence electrons. The number of nitrogens with zero attached hydrogens (tertiary/aromatic N) is 1. The van der Waals surface area contributed by atoms with Gasteiger partial charge in [0.05, 0.1) is 5.56 Å². The molecule has 0 N–H and O–H groups in total. The van der Waals surface area contributed by atoms with Crippen LogP contribution in [0.1, 0.15) is 11.1 Å². The highest BCUT2D eigenvalue weighted by Crippen LogP contribution is 2.32. The van der Waals surface area contributed by atoms with Crippen molar-refractivity contribution in [3.05, 3.63) is 71.8 Å². The normalized spacial score (nSPS) is 11.1. The molecule has 23 heavy (non-hydrogen) atoms. The molecule has 0 bridgehead atoms. The van der Waals surface area contributed by atoms with Crippen LogP contribution < -0.4 is 4.18 Å². The van der Waals surface area contributed by atoms with Gasteiger partial charge >= 0.3 is 10.1 Å². The minimum absolute atomic E-state index is 0.0638. The lowest BCUT2D eigenvalue weighted by Gasteiger charge is -2.12. The molecule has 0 atom stereocenters. The number of fused-ring (bicyclic) bond motifs is 1. The Labute approximate surface area is 134 Å². The van der Waals surface area contributed by atoms with Gasteiger partial charge in [0.2, 0.25) is 0 Å². The van der Waals surface area contributed by atoms with Crippen LogP contribution in [0.3, 0.4) is 0 Å². The number of aryl methyl sites for hydroxylation is 1. The van der Waals surface area contributed by atoms with Gasteiger partial charge in [-0.15, -0.1) is 0 Å².